The summed E-state index contributed by atoms with van der Waals surface area (Å²) < 4.78 is 36.1. The van der Waals surface area contributed by atoms with Crippen LogP contribution < -0.4 is 5.73 Å². The standard InChI is InChI=1S/C46H55NO14.ClH/c1-8-9-12-21-33(51)59-37(35(47)28-17-13-10-14-18-28)42(54)58-30-23-46(55)40(60-41(53)29-19-15-11-16-20-29)38-44(7,31(50)22-32-45(38,24-56-32)61-27(4)49)39(52)36(57-26(3)48)34(25(30)2)43(46,5)6;/h10-21,30-32,35-38,40,50,55H,8-9,22-24,47H2,1-7H3;1H/b21-12+;/t30-,31-,32+,35-,36+,37+,38-,40-,44+,45-,46+;/m0./s1. The van der Waals surface area contributed by atoms with Crippen molar-refractivity contribution in [2.75, 3.05) is 6.61 Å². The highest BCUT2D eigenvalue weighted by Gasteiger charge is 2.78. The van der Waals surface area contributed by atoms with Crippen LogP contribution in [0.25, 0.3) is 0 Å². The van der Waals surface area contributed by atoms with Gasteiger partial charge in [-0.2, -0.15) is 0 Å². The normalized spacial score (nSPS) is 31.9. The van der Waals surface area contributed by atoms with Crippen LogP contribution in [0.2, 0.25) is 0 Å². The van der Waals surface area contributed by atoms with Crippen molar-refractivity contribution in [3.63, 3.8) is 0 Å². The molecule has 336 valence electrons. The first-order valence-corrected chi connectivity index (χ1v) is 20.5. The molecule has 2 bridgehead atoms. The quantitative estimate of drug-likeness (QED) is 0.115. The Morgan fingerprint density at radius 2 is 1.58 bits per heavy atom. The molecule has 1 heterocycles. The van der Waals surface area contributed by atoms with Crippen LogP contribution in [0.5, 0.6) is 0 Å². The Morgan fingerprint density at radius 1 is 0.952 bits per heavy atom. The number of hydrogen-bond acceptors (Lipinski definition) is 15. The number of ether oxygens (including phenoxy) is 6. The number of allylic oxidation sites excluding steroid dienone is 1. The van der Waals surface area contributed by atoms with Gasteiger partial charge < -0.3 is 44.4 Å². The van der Waals surface area contributed by atoms with E-state index in [0.717, 1.165) is 20.3 Å². The number of hydrogen-bond donors (Lipinski definition) is 3. The van der Waals surface area contributed by atoms with Crippen molar-refractivity contribution in [1.29, 1.82) is 0 Å². The molecule has 3 aliphatic carbocycles. The number of nitrogens with two attached hydrogens (primary N) is 1. The van der Waals surface area contributed by atoms with Gasteiger partial charge in [0.15, 0.2) is 17.5 Å². The van der Waals surface area contributed by atoms with Gasteiger partial charge in [0.05, 0.1) is 35.6 Å². The van der Waals surface area contributed by atoms with Crippen LogP contribution in [0.3, 0.4) is 0 Å². The lowest BCUT2D eigenvalue weighted by atomic mass is 9.44. The van der Waals surface area contributed by atoms with Crippen LogP contribution in [-0.2, 0) is 52.4 Å². The lowest BCUT2D eigenvalue weighted by Crippen LogP contribution is -2.82. The summed E-state index contributed by atoms with van der Waals surface area (Å²) in [5.74, 6) is -6.93. The average Bonchev–Trinajstić information content (AvgIpc) is 3.21. The monoisotopic (exact) mass is 881 g/mol. The zero-order valence-corrected chi connectivity index (χ0v) is 36.7. The van der Waals surface area contributed by atoms with E-state index in [1.165, 1.54) is 25.1 Å². The molecule has 6 rings (SSSR count). The minimum atomic E-state index is -2.37. The molecule has 2 aromatic rings. The lowest BCUT2D eigenvalue weighted by molar-refractivity contribution is -0.346. The van der Waals surface area contributed by atoms with E-state index in [0.29, 0.717) is 12.0 Å². The van der Waals surface area contributed by atoms with Gasteiger partial charge in [-0.1, -0.05) is 81.8 Å². The van der Waals surface area contributed by atoms with Crippen molar-refractivity contribution in [1.82, 2.24) is 0 Å². The third kappa shape index (κ3) is 8.32. The molecule has 62 heavy (non-hydrogen) atoms. The summed E-state index contributed by atoms with van der Waals surface area (Å²) in [6, 6.07) is 15.1. The molecule has 1 saturated heterocycles. The molecule has 15 nitrogen and oxygen atoms in total. The largest absolute Gasteiger partial charge is 0.455 e. The van der Waals surface area contributed by atoms with Crippen LogP contribution in [-0.4, -0.2) is 100 Å². The number of aliphatic hydroxyl groups is 2. The van der Waals surface area contributed by atoms with E-state index >= 15 is 4.79 Å². The third-order valence-electron chi connectivity index (χ3n) is 13.1. The molecule has 16 heteroatoms. The number of benzene rings is 2. The molecule has 0 unspecified atom stereocenters. The predicted octanol–water partition coefficient (Wildman–Crippen LogP) is 4.59. The van der Waals surface area contributed by atoms with E-state index in [1.807, 2.05) is 6.92 Å². The molecule has 0 radical (unpaired) electrons. The highest BCUT2D eigenvalue weighted by atomic mass is 35.5. The number of esters is 5. The summed E-state index contributed by atoms with van der Waals surface area (Å²) in [5, 5.41) is 25.8. The summed E-state index contributed by atoms with van der Waals surface area (Å²) >= 11 is 0. The zero-order chi connectivity index (χ0) is 44.7. The summed E-state index contributed by atoms with van der Waals surface area (Å²) in [5.41, 5.74) is -0.480. The number of halogens is 1. The summed E-state index contributed by atoms with van der Waals surface area (Å²) in [7, 11) is 0. The smallest absolute Gasteiger partial charge is 0.350 e. The highest BCUT2D eigenvalue weighted by molar-refractivity contribution is 5.95. The predicted molar refractivity (Wildman–Crippen MR) is 223 cm³/mol. The van der Waals surface area contributed by atoms with Gasteiger partial charge in [-0.05, 0) is 49.1 Å². The molecule has 0 spiro atoms. The lowest BCUT2D eigenvalue weighted by Gasteiger charge is -2.67. The molecule has 3 fully saturated rings. The van der Waals surface area contributed by atoms with E-state index in [-0.39, 0.29) is 42.1 Å². The number of rotatable bonds is 12. The Balaban J connectivity index is 0.00000726. The van der Waals surface area contributed by atoms with Crippen LogP contribution in [0, 0.1) is 16.7 Å². The number of Topliss-reactive ketones (excluding diaryl/α,β-unsaturated/α-hetero) is 1. The molecule has 1 aliphatic heterocycles. The molecular formula is C46H56ClNO14. The Labute approximate surface area is 366 Å². The van der Waals surface area contributed by atoms with Crippen molar-refractivity contribution >= 4 is 48.0 Å². The van der Waals surface area contributed by atoms with E-state index in [2.05, 4.69) is 0 Å². The molecule has 4 aliphatic rings. The fourth-order valence-corrected chi connectivity index (χ4v) is 9.85. The zero-order valence-electron chi connectivity index (χ0n) is 35.9. The topological polar surface area (TPSA) is 224 Å². The van der Waals surface area contributed by atoms with Crippen molar-refractivity contribution in [2.45, 2.75) is 128 Å². The second-order valence-corrected chi connectivity index (χ2v) is 17.2. The first-order valence-electron chi connectivity index (χ1n) is 20.5. The number of carbonyl (C=O) groups is 6. The summed E-state index contributed by atoms with van der Waals surface area (Å²) in [4.78, 5) is 83.3. The van der Waals surface area contributed by atoms with Gasteiger partial charge in [0.25, 0.3) is 0 Å². The molecule has 2 aromatic carbocycles. The van der Waals surface area contributed by atoms with Gasteiger partial charge in [-0.3, -0.25) is 14.4 Å². The fourth-order valence-electron chi connectivity index (χ4n) is 9.85. The Bertz CT molecular complexity index is 2110. The molecule has 4 N–H and O–H groups in total. The Kier molecular flexibility index (Phi) is 14.3. The van der Waals surface area contributed by atoms with Crippen molar-refractivity contribution in [3.05, 3.63) is 95.1 Å². The first-order chi connectivity index (χ1) is 28.7. The van der Waals surface area contributed by atoms with E-state index in [9.17, 15) is 34.2 Å². The third-order valence-corrected chi connectivity index (χ3v) is 13.1. The summed E-state index contributed by atoms with van der Waals surface area (Å²) in [6.07, 6.45) is -5.97. The molecule has 0 amide bonds. The second kappa shape index (κ2) is 18.4. The molecule has 11 atom stereocenters. The fraction of sp³-hybridized carbons (Fsp3) is 0.522. The Morgan fingerprint density at radius 3 is 2.15 bits per heavy atom. The number of ketones is 1. The molecule has 0 aromatic heterocycles. The highest BCUT2D eigenvalue weighted by Crippen LogP contribution is 2.64. The number of fused-ring (bicyclic) bond motifs is 5. The van der Waals surface area contributed by atoms with E-state index in [4.69, 9.17) is 34.2 Å². The van der Waals surface area contributed by atoms with E-state index < -0.39 is 113 Å². The SMILES string of the molecule is CCC/C=C/C(=O)O[C@@H](C(=O)O[C@H]1C[C@@]2(O)[C@@H](OC(=O)c3ccccc3)[C@@H]3[C@]4(OC(C)=O)CO[C@@H]4C[C@H](O)[C@@]3(C)C(=O)[C@H](OC(C)=O)C(=C1C)C2(C)C)[C@@H](N)c1ccccc1.Cl. The summed E-state index contributed by atoms with van der Waals surface area (Å²) in [6.45, 7) is 9.98. The van der Waals surface area contributed by atoms with Gasteiger partial charge in [-0.25, -0.2) is 14.4 Å². The van der Waals surface area contributed by atoms with Crippen LogP contribution >= 0.6 is 12.4 Å². The molecule has 2 saturated carbocycles. The van der Waals surface area contributed by atoms with Crippen LogP contribution in [0.1, 0.15) is 96.1 Å². The minimum Gasteiger partial charge on any atom is -0.455 e. The first kappa shape index (κ1) is 48.1. The average molecular weight is 882 g/mol. The maximum absolute atomic E-state index is 15.5. The Hall–Kier alpha value is -4.93. The van der Waals surface area contributed by atoms with Crippen molar-refractivity contribution < 1.29 is 67.4 Å². The number of unbranched alkanes of at least 4 members (excludes halogenated alkanes) is 1. The van der Waals surface area contributed by atoms with Gasteiger partial charge >= 0.3 is 29.8 Å². The van der Waals surface area contributed by atoms with Crippen LogP contribution in [0.15, 0.2) is 84.0 Å². The second-order valence-electron chi connectivity index (χ2n) is 17.2. The maximum atomic E-state index is 15.5. The van der Waals surface area contributed by atoms with Crippen molar-refractivity contribution in [3.8, 4) is 0 Å². The van der Waals surface area contributed by atoms with Gasteiger partial charge in [0, 0.05) is 38.2 Å². The number of carbonyl (C=O) groups excluding carboxylic acids is 6. The van der Waals surface area contributed by atoms with Gasteiger partial charge in [0.2, 0.25) is 6.10 Å². The maximum Gasteiger partial charge on any atom is 0.350 e. The minimum absolute atomic E-state index is 0. The van der Waals surface area contributed by atoms with Gasteiger partial charge in [0.1, 0.15) is 23.9 Å². The van der Waals surface area contributed by atoms with Crippen molar-refractivity contribution in [2.24, 2.45) is 22.5 Å². The molecular weight excluding hydrogens is 826 g/mol. The van der Waals surface area contributed by atoms with E-state index in [1.54, 1.807) is 75.4 Å². The van der Waals surface area contributed by atoms with Gasteiger partial charge in [-0.15, -0.1) is 12.4 Å². The number of aliphatic hydroxyl groups excluding tert-OH is 1. The van der Waals surface area contributed by atoms with Crippen LogP contribution in [0.4, 0.5) is 0 Å².